The van der Waals surface area contributed by atoms with Gasteiger partial charge in [0.25, 0.3) is 0 Å². The Labute approximate surface area is 122 Å². The number of amides is 1. The second kappa shape index (κ2) is 7.49. The van der Waals surface area contributed by atoms with Crippen molar-refractivity contribution in [2.24, 2.45) is 0 Å². The summed E-state index contributed by atoms with van der Waals surface area (Å²) in [5.74, 6) is -0.508. The lowest BCUT2D eigenvalue weighted by Gasteiger charge is -2.14. The highest BCUT2D eigenvalue weighted by Gasteiger charge is 2.34. The summed E-state index contributed by atoms with van der Waals surface area (Å²) in [6.07, 6.45) is -4.49. The molecule has 1 aromatic rings. The van der Waals surface area contributed by atoms with Crippen LogP contribution in [-0.4, -0.2) is 32.7 Å². The fourth-order valence-electron chi connectivity index (χ4n) is 1.42. The van der Waals surface area contributed by atoms with Crippen molar-refractivity contribution >= 4 is 21.8 Å². The van der Waals surface area contributed by atoms with Gasteiger partial charge in [0.2, 0.25) is 5.91 Å². The Morgan fingerprint density at radius 2 is 2.10 bits per heavy atom. The van der Waals surface area contributed by atoms with E-state index in [2.05, 4.69) is 26.6 Å². The molecule has 1 aromatic carbocycles. The maximum atomic E-state index is 12.8. The number of hydrogen-bond acceptors (Lipinski definition) is 3. The number of benzene rings is 1. The number of ether oxygens (including phenoxy) is 1. The quantitative estimate of drug-likeness (QED) is 0.770. The highest BCUT2D eigenvalue weighted by Crippen LogP contribution is 2.37. The molecule has 0 saturated carbocycles. The molecule has 0 aliphatic carbocycles. The maximum absolute atomic E-state index is 12.8. The molecule has 0 saturated heterocycles. The van der Waals surface area contributed by atoms with Crippen LogP contribution in [0.15, 0.2) is 22.7 Å². The van der Waals surface area contributed by atoms with Gasteiger partial charge in [-0.1, -0.05) is 15.9 Å². The standard InChI is InChI=1S/C12H14BrF3N2O2/c1-17-7-11(19)18-4-5-20-10-3-2-8(13)6-9(10)12(14,15)16/h2-3,6,17H,4-5,7H2,1H3,(H,18,19). The molecule has 0 aliphatic rings. The van der Waals surface area contributed by atoms with E-state index in [1.807, 2.05) is 0 Å². The minimum absolute atomic E-state index is 0.0415. The van der Waals surface area contributed by atoms with Crippen molar-refractivity contribution in [2.75, 3.05) is 26.7 Å². The first-order chi connectivity index (χ1) is 9.34. The summed E-state index contributed by atoms with van der Waals surface area (Å²) < 4.78 is 43.8. The van der Waals surface area contributed by atoms with E-state index in [1.165, 1.54) is 12.1 Å². The number of halogens is 4. The SMILES string of the molecule is CNCC(=O)NCCOc1ccc(Br)cc1C(F)(F)F. The van der Waals surface area contributed by atoms with E-state index in [-0.39, 0.29) is 31.4 Å². The molecule has 0 spiro atoms. The Bertz CT molecular complexity index is 467. The molecule has 8 heteroatoms. The van der Waals surface area contributed by atoms with E-state index in [1.54, 1.807) is 7.05 Å². The van der Waals surface area contributed by atoms with Crippen LogP contribution in [0, 0.1) is 0 Å². The Kier molecular flexibility index (Phi) is 6.28. The number of rotatable bonds is 6. The maximum Gasteiger partial charge on any atom is 0.420 e. The first kappa shape index (κ1) is 16.8. The van der Waals surface area contributed by atoms with Crippen molar-refractivity contribution in [3.8, 4) is 5.75 Å². The van der Waals surface area contributed by atoms with E-state index >= 15 is 0 Å². The van der Waals surface area contributed by atoms with Gasteiger partial charge in [-0.3, -0.25) is 4.79 Å². The van der Waals surface area contributed by atoms with Crippen LogP contribution in [0.2, 0.25) is 0 Å². The molecular weight excluding hydrogens is 341 g/mol. The first-order valence-electron chi connectivity index (χ1n) is 5.75. The van der Waals surface area contributed by atoms with E-state index in [4.69, 9.17) is 4.74 Å². The van der Waals surface area contributed by atoms with Gasteiger partial charge in [0, 0.05) is 4.47 Å². The van der Waals surface area contributed by atoms with Crippen molar-refractivity contribution in [1.82, 2.24) is 10.6 Å². The van der Waals surface area contributed by atoms with Gasteiger partial charge in [-0.25, -0.2) is 0 Å². The Hall–Kier alpha value is -1.28. The lowest BCUT2D eigenvalue weighted by molar-refractivity contribution is -0.139. The zero-order valence-electron chi connectivity index (χ0n) is 10.7. The summed E-state index contributed by atoms with van der Waals surface area (Å²) in [6, 6.07) is 3.65. The molecule has 0 fully saturated rings. The smallest absolute Gasteiger partial charge is 0.420 e. The second-order valence-electron chi connectivity index (χ2n) is 3.87. The van der Waals surface area contributed by atoms with Gasteiger partial charge in [0.15, 0.2) is 0 Å². The molecule has 0 bridgehead atoms. The molecule has 1 amide bonds. The van der Waals surface area contributed by atoms with Crippen LogP contribution in [0.1, 0.15) is 5.56 Å². The van der Waals surface area contributed by atoms with Crippen molar-refractivity contribution in [1.29, 1.82) is 0 Å². The predicted molar refractivity (Wildman–Crippen MR) is 71.6 cm³/mol. The minimum Gasteiger partial charge on any atom is -0.491 e. The summed E-state index contributed by atoms with van der Waals surface area (Å²) in [4.78, 5) is 11.1. The number of alkyl halides is 3. The summed E-state index contributed by atoms with van der Waals surface area (Å²) in [5, 5.41) is 5.16. The van der Waals surface area contributed by atoms with Crippen LogP contribution in [0.5, 0.6) is 5.75 Å². The minimum atomic E-state index is -4.49. The third-order valence-corrected chi connectivity index (χ3v) is 2.76. The summed E-state index contributed by atoms with van der Waals surface area (Å²) in [5.41, 5.74) is -0.853. The number of carbonyl (C=O) groups is 1. The van der Waals surface area contributed by atoms with Gasteiger partial charge in [0.1, 0.15) is 12.4 Å². The Morgan fingerprint density at radius 1 is 1.40 bits per heavy atom. The van der Waals surface area contributed by atoms with Gasteiger partial charge >= 0.3 is 6.18 Å². The Balaban J connectivity index is 2.58. The predicted octanol–water partition coefficient (Wildman–Crippen LogP) is 2.18. The highest BCUT2D eigenvalue weighted by atomic mass is 79.9. The van der Waals surface area contributed by atoms with E-state index < -0.39 is 11.7 Å². The zero-order valence-corrected chi connectivity index (χ0v) is 12.3. The average Bonchev–Trinajstić information content (AvgIpc) is 2.35. The molecule has 0 heterocycles. The van der Waals surface area contributed by atoms with Crippen molar-refractivity contribution < 1.29 is 22.7 Å². The van der Waals surface area contributed by atoms with E-state index in [0.717, 1.165) is 6.07 Å². The fourth-order valence-corrected chi connectivity index (χ4v) is 1.79. The summed E-state index contributed by atoms with van der Waals surface area (Å²) in [6.45, 7) is 0.236. The number of hydrogen-bond donors (Lipinski definition) is 2. The normalized spacial score (nSPS) is 11.2. The molecule has 2 N–H and O–H groups in total. The van der Waals surface area contributed by atoms with Crippen LogP contribution in [0.25, 0.3) is 0 Å². The van der Waals surface area contributed by atoms with Gasteiger partial charge in [-0.2, -0.15) is 13.2 Å². The third-order valence-electron chi connectivity index (χ3n) is 2.27. The summed E-state index contributed by atoms with van der Waals surface area (Å²) in [7, 11) is 1.62. The lowest BCUT2D eigenvalue weighted by atomic mass is 10.2. The fraction of sp³-hybridized carbons (Fsp3) is 0.417. The number of likely N-dealkylation sites (N-methyl/N-ethyl adjacent to an activating group) is 1. The molecule has 0 radical (unpaired) electrons. The molecule has 0 aromatic heterocycles. The van der Waals surface area contributed by atoms with Gasteiger partial charge in [-0.05, 0) is 25.2 Å². The van der Waals surface area contributed by atoms with Crippen LogP contribution in [0.4, 0.5) is 13.2 Å². The molecular formula is C12H14BrF3N2O2. The van der Waals surface area contributed by atoms with Crippen molar-refractivity contribution in [2.45, 2.75) is 6.18 Å². The molecule has 0 aliphatic heterocycles. The Morgan fingerprint density at radius 3 is 2.70 bits per heavy atom. The van der Waals surface area contributed by atoms with Gasteiger partial charge in [0.05, 0.1) is 18.7 Å². The number of nitrogens with one attached hydrogen (secondary N) is 2. The zero-order chi connectivity index (χ0) is 15.2. The number of carbonyl (C=O) groups excluding carboxylic acids is 1. The van der Waals surface area contributed by atoms with Crippen LogP contribution in [0.3, 0.4) is 0 Å². The first-order valence-corrected chi connectivity index (χ1v) is 6.54. The van der Waals surface area contributed by atoms with Crippen molar-refractivity contribution in [3.63, 3.8) is 0 Å². The molecule has 1 rings (SSSR count). The van der Waals surface area contributed by atoms with Gasteiger partial charge in [-0.15, -0.1) is 0 Å². The second-order valence-corrected chi connectivity index (χ2v) is 4.78. The van der Waals surface area contributed by atoms with Crippen LogP contribution < -0.4 is 15.4 Å². The highest BCUT2D eigenvalue weighted by molar-refractivity contribution is 9.10. The van der Waals surface area contributed by atoms with Crippen LogP contribution >= 0.6 is 15.9 Å². The largest absolute Gasteiger partial charge is 0.491 e. The monoisotopic (exact) mass is 354 g/mol. The van der Waals surface area contributed by atoms with Crippen LogP contribution in [-0.2, 0) is 11.0 Å². The summed E-state index contributed by atoms with van der Waals surface area (Å²) >= 11 is 2.99. The molecule has 112 valence electrons. The molecule has 0 unspecified atom stereocenters. The average molecular weight is 355 g/mol. The lowest BCUT2D eigenvalue weighted by Crippen LogP contribution is -2.34. The third kappa shape index (κ3) is 5.38. The molecule has 4 nitrogen and oxygen atoms in total. The molecule has 0 atom stereocenters. The van der Waals surface area contributed by atoms with E-state index in [9.17, 15) is 18.0 Å². The van der Waals surface area contributed by atoms with E-state index in [0.29, 0.717) is 4.47 Å². The van der Waals surface area contributed by atoms with Gasteiger partial charge < -0.3 is 15.4 Å². The topological polar surface area (TPSA) is 50.4 Å². The molecule has 20 heavy (non-hydrogen) atoms. The van der Waals surface area contributed by atoms with Crippen molar-refractivity contribution in [3.05, 3.63) is 28.2 Å².